The van der Waals surface area contributed by atoms with Gasteiger partial charge in [0, 0.05) is 19.2 Å². The van der Waals surface area contributed by atoms with Gasteiger partial charge in [-0.05, 0) is 12.1 Å². The van der Waals surface area contributed by atoms with Crippen molar-refractivity contribution in [3.63, 3.8) is 0 Å². The summed E-state index contributed by atoms with van der Waals surface area (Å²) in [6.07, 6.45) is 1.67. The second kappa shape index (κ2) is 4.56. The third-order valence-electron chi connectivity index (χ3n) is 1.63. The maximum absolute atomic E-state index is 10.9. The molecule has 0 saturated carbocycles. The SMILES string of the molecule is CC.CC(=O)c1cc2ncccc2o1. The summed E-state index contributed by atoms with van der Waals surface area (Å²) in [7, 11) is 0. The van der Waals surface area contributed by atoms with Crippen LogP contribution in [-0.2, 0) is 0 Å². The second-order valence-electron chi connectivity index (χ2n) is 2.55. The normalized spacial score (nSPS) is 9.36. The molecular weight excluding hydrogens is 178 g/mol. The minimum absolute atomic E-state index is 0.0759. The van der Waals surface area contributed by atoms with E-state index in [2.05, 4.69) is 4.98 Å². The zero-order chi connectivity index (χ0) is 10.6. The summed E-state index contributed by atoms with van der Waals surface area (Å²) in [6, 6.07) is 5.21. The molecule has 0 amide bonds. The Morgan fingerprint density at radius 3 is 2.71 bits per heavy atom. The van der Waals surface area contributed by atoms with Gasteiger partial charge >= 0.3 is 0 Å². The van der Waals surface area contributed by atoms with Crippen molar-refractivity contribution in [1.82, 2.24) is 4.98 Å². The van der Waals surface area contributed by atoms with E-state index in [1.807, 2.05) is 13.8 Å². The Morgan fingerprint density at radius 1 is 1.43 bits per heavy atom. The van der Waals surface area contributed by atoms with Crippen LogP contribution in [0.3, 0.4) is 0 Å². The van der Waals surface area contributed by atoms with Crippen molar-refractivity contribution in [3.8, 4) is 0 Å². The summed E-state index contributed by atoms with van der Waals surface area (Å²) >= 11 is 0. The molecule has 0 saturated heterocycles. The molecule has 0 unspecified atom stereocenters. The van der Waals surface area contributed by atoms with Gasteiger partial charge in [-0.25, -0.2) is 0 Å². The summed E-state index contributed by atoms with van der Waals surface area (Å²) in [4.78, 5) is 14.9. The Kier molecular flexibility index (Phi) is 3.40. The Morgan fingerprint density at radius 2 is 2.14 bits per heavy atom. The lowest BCUT2D eigenvalue weighted by molar-refractivity contribution is 0.0989. The third kappa shape index (κ3) is 1.99. The van der Waals surface area contributed by atoms with Crippen LogP contribution in [0.15, 0.2) is 28.8 Å². The van der Waals surface area contributed by atoms with Gasteiger partial charge < -0.3 is 4.42 Å². The molecule has 2 heterocycles. The summed E-state index contributed by atoms with van der Waals surface area (Å²) in [5.41, 5.74) is 1.38. The topological polar surface area (TPSA) is 43.1 Å². The highest BCUT2D eigenvalue weighted by Crippen LogP contribution is 2.16. The second-order valence-corrected chi connectivity index (χ2v) is 2.55. The quantitative estimate of drug-likeness (QED) is 0.650. The minimum atomic E-state index is -0.0759. The van der Waals surface area contributed by atoms with Crippen LogP contribution in [0.5, 0.6) is 0 Å². The van der Waals surface area contributed by atoms with Crippen LogP contribution in [-0.4, -0.2) is 10.8 Å². The number of hydrogen-bond acceptors (Lipinski definition) is 3. The first kappa shape index (κ1) is 10.4. The molecule has 74 valence electrons. The molecule has 0 aliphatic rings. The molecule has 2 aromatic rings. The van der Waals surface area contributed by atoms with Gasteiger partial charge in [-0.3, -0.25) is 9.78 Å². The highest BCUT2D eigenvalue weighted by Gasteiger charge is 2.06. The maximum Gasteiger partial charge on any atom is 0.195 e. The number of ketones is 1. The molecule has 0 spiro atoms. The number of Topliss-reactive ketones (excluding diaryl/α,β-unsaturated/α-hetero) is 1. The van der Waals surface area contributed by atoms with Crippen molar-refractivity contribution in [2.75, 3.05) is 0 Å². The lowest BCUT2D eigenvalue weighted by atomic mass is 10.3. The molecule has 0 N–H and O–H groups in total. The molecule has 0 fully saturated rings. The van der Waals surface area contributed by atoms with Crippen LogP contribution >= 0.6 is 0 Å². The van der Waals surface area contributed by atoms with Crippen LogP contribution < -0.4 is 0 Å². The largest absolute Gasteiger partial charge is 0.451 e. The Hall–Kier alpha value is -1.64. The number of furan rings is 1. The monoisotopic (exact) mass is 191 g/mol. The van der Waals surface area contributed by atoms with Crippen LogP contribution in [0.1, 0.15) is 31.3 Å². The molecule has 0 radical (unpaired) electrons. The average molecular weight is 191 g/mol. The molecule has 2 rings (SSSR count). The van der Waals surface area contributed by atoms with E-state index in [4.69, 9.17) is 4.42 Å². The van der Waals surface area contributed by atoms with E-state index in [0.717, 1.165) is 5.52 Å². The van der Waals surface area contributed by atoms with Crippen LogP contribution in [0.4, 0.5) is 0 Å². The molecule has 3 heteroatoms. The highest BCUT2D eigenvalue weighted by atomic mass is 16.3. The van der Waals surface area contributed by atoms with Crippen LogP contribution in [0.25, 0.3) is 11.1 Å². The molecule has 2 aromatic heterocycles. The van der Waals surface area contributed by atoms with E-state index < -0.39 is 0 Å². The van der Waals surface area contributed by atoms with Gasteiger partial charge in [0.2, 0.25) is 0 Å². The van der Waals surface area contributed by atoms with Gasteiger partial charge in [-0.15, -0.1) is 0 Å². The first-order valence-corrected chi connectivity index (χ1v) is 4.63. The maximum atomic E-state index is 10.9. The van der Waals surface area contributed by atoms with Gasteiger partial charge in [0.05, 0.1) is 0 Å². The molecule has 0 atom stereocenters. The third-order valence-corrected chi connectivity index (χ3v) is 1.63. The number of fused-ring (bicyclic) bond motifs is 1. The van der Waals surface area contributed by atoms with Crippen molar-refractivity contribution >= 4 is 16.9 Å². The number of carbonyl (C=O) groups is 1. The average Bonchev–Trinajstić information content (AvgIpc) is 2.64. The van der Waals surface area contributed by atoms with Gasteiger partial charge in [-0.1, -0.05) is 13.8 Å². The number of hydrogen-bond donors (Lipinski definition) is 0. The Labute approximate surface area is 82.8 Å². The number of aromatic nitrogens is 1. The molecule has 0 aliphatic heterocycles. The molecule has 3 nitrogen and oxygen atoms in total. The molecule has 0 aromatic carbocycles. The minimum Gasteiger partial charge on any atom is -0.451 e. The van der Waals surface area contributed by atoms with Crippen molar-refractivity contribution in [1.29, 1.82) is 0 Å². The Bertz CT molecular complexity index is 399. The van der Waals surface area contributed by atoms with Gasteiger partial charge in [-0.2, -0.15) is 0 Å². The Balaban J connectivity index is 0.000000461. The highest BCUT2D eigenvalue weighted by molar-refractivity contribution is 5.94. The van der Waals surface area contributed by atoms with Crippen LogP contribution in [0.2, 0.25) is 0 Å². The lowest BCUT2D eigenvalue weighted by Gasteiger charge is -1.83. The van der Waals surface area contributed by atoms with Crippen molar-refractivity contribution < 1.29 is 9.21 Å². The number of nitrogens with zero attached hydrogens (tertiary/aromatic N) is 1. The summed E-state index contributed by atoms with van der Waals surface area (Å²) in [6.45, 7) is 5.47. The van der Waals surface area contributed by atoms with Crippen molar-refractivity contribution in [3.05, 3.63) is 30.2 Å². The molecular formula is C11H13NO2. The van der Waals surface area contributed by atoms with Crippen molar-refractivity contribution in [2.24, 2.45) is 0 Å². The fourth-order valence-corrected chi connectivity index (χ4v) is 1.04. The smallest absolute Gasteiger partial charge is 0.195 e. The van der Waals surface area contributed by atoms with Gasteiger partial charge in [0.15, 0.2) is 17.1 Å². The van der Waals surface area contributed by atoms with Crippen molar-refractivity contribution in [2.45, 2.75) is 20.8 Å². The van der Waals surface area contributed by atoms with Gasteiger partial charge in [0.25, 0.3) is 0 Å². The van der Waals surface area contributed by atoms with E-state index >= 15 is 0 Å². The number of carbonyl (C=O) groups excluding carboxylic acids is 1. The first-order chi connectivity index (χ1) is 6.77. The lowest BCUT2D eigenvalue weighted by Crippen LogP contribution is -1.85. The summed E-state index contributed by atoms with van der Waals surface area (Å²) in [5.74, 6) is 0.289. The van der Waals surface area contributed by atoms with Gasteiger partial charge in [0.1, 0.15) is 5.52 Å². The molecule has 0 bridgehead atoms. The summed E-state index contributed by atoms with van der Waals surface area (Å²) in [5, 5.41) is 0. The number of rotatable bonds is 1. The predicted molar refractivity (Wildman–Crippen MR) is 55.4 cm³/mol. The summed E-state index contributed by atoms with van der Waals surface area (Å²) < 4.78 is 5.22. The fourth-order valence-electron chi connectivity index (χ4n) is 1.04. The van der Waals surface area contributed by atoms with E-state index in [0.29, 0.717) is 11.3 Å². The van der Waals surface area contributed by atoms with Crippen LogP contribution in [0, 0.1) is 0 Å². The standard InChI is InChI=1S/C9H7NO2.C2H6/c1-6(11)9-5-7-8(12-9)3-2-4-10-7;1-2/h2-5H,1H3;1-2H3. The number of pyridine rings is 1. The van der Waals surface area contributed by atoms with E-state index in [1.54, 1.807) is 24.4 Å². The molecule has 0 aliphatic carbocycles. The molecule has 14 heavy (non-hydrogen) atoms. The van der Waals surface area contributed by atoms with E-state index in [9.17, 15) is 4.79 Å². The fraction of sp³-hybridized carbons (Fsp3) is 0.273. The predicted octanol–water partition coefficient (Wildman–Crippen LogP) is 3.06. The zero-order valence-corrected chi connectivity index (χ0v) is 8.57. The first-order valence-electron chi connectivity index (χ1n) is 4.63. The zero-order valence-electron chi connectivity index (χ0n) is 8.57. The van der Waals surface area contributed by atoms with E-state index in [-0.39, 0.29) is 5.78 Å². The van der Waals surface area contributed by atoms with E-state index in [1.165, 1.54) is 6.92 Å².